The molecule has 7 nitrogen and oxygen atoms in total. The summed E-state index contributed by atoms with van der Waals surface area (Å²) in [7, 11) is 0. The van der Waals surface area contributed by atoms with Gasteiger partial charge in [-0.25, -0.2) is 9.97 Å². The van der Waals surface area contributed by atoms with Gasteiger partial charge in [-0.1, -0.05) is 6.07 Å². The van der Waals surface area contributed by atoms with Crippen molar-refractivity contribution in [3.8, 4) is 0 Å². The summed E-state index contributed by atoms with van der Waals surface area (Å²) in [5.74, 6) is 0.279. The normalized spacial score (nSPS) is 13.9. The van der Waals surface area contributed by atoms with Crippen molar-refractivity contribution in [3.63, 3.8) is 0 Å². The number of benzene rings is 2. The van der Waals surface area contributed by atoms with Crippen LogP contribution in [0.2, 0.25) is 0 Å². The Labute approximate surface area is 199 Å². The molecule has 2 heterocycles. The zero-order valence-corrected chi connectivity index (χ0v) is 18.8. The maximum atomic E-state index is 12.9. The van der Waals surface area contributed by atoms with E-state index in [0.717, 1.165) is 34.4 Å². The molecule has 0 radical (unpaired) electrons. The Balaban J connectivity index is 1.24. The van der Waals surface area contributed by atoms with Gasteiger partial charge in [0.05, 0.1) is 34.4 Å². The van der Waals surface area contributed by atoms with E-state index in [2.05, 4.69) is 35.8 Å². The van der Waals surface area contributed by atoms with E-state index in [1.807, 2.05) is 25.1 Å². The van der Waals surface area contributed by atoms with Crippen LogP contribution in [-0.4, -0.2) is 21.0 Å². The van der Waals surface area contributed by atoms with Crippen LogP contribution in [0.25, 0.3) is 10.9 Å². The Hall–Kier alpha value is -4.08. The van der Waals surface area contributed by atoms with Crippen LogP contribution in [-0.2, 0) is 12.7 Å². The third kappa shape index (κ3) is 5.71. The van der Waals surface area contributed by atoms with Crippen LogP contribution in [0.1, 0.15) is 29.8 Å². The van der Waals surface area contributed by atoms with Gasteiger partial charge >= 0.3 is 6.18 Å². The van der Waals surface area contributed by atoms with Crippen LogP contribution in [0.4, 0.5) is 36.2 Å². The number of fused-ring (bicyclic) bond motifs is 1. The molecule has 35 heavy (non-hydrogen) atoms. The van der Waals surface area contributed by atoms with Gasteiger partial charge in [-0.05, 0) is 68.3 Å². The van der Waals surface area contributed by atoms with E-state index < -0.39 is 11.7 Å². The summed E-state index contributed by atoms with van der Waals surface area (Å²) in [6, 6.07) is 15.1. The molecule has 1 aliphatic rings. The molecule has 1 aliphatic carbocycles. The van der Waals surface area contributed by atoms with Crippen LogP contribution in [0.3, 0.4) is 0 Å². The van der Waals surface area contributed by atoms with Crippen LogP contribution >= 0.6 is 0 Å². The first kappa shape index (κ1) is 22.7. The molecule has 0 spiro atoms. The molecule has 2 aromatic carbocycles. The van der Waals surface area contributed by atoms with E-state index >= 15 is 0 Å². The van der Waals surface area contributed by atoms with E-state index in [1.54, 1.807) is 18.2 Å². The number of hydrogen-bond donors (Lipinski definition) is 2. The minimum atomic E-state index is -4.39. The Morgan fingerprint density at radius 3 is 2.54 bits per heavy atom. The minimum Gasteiger partial charge on any atom is -0.382 e. The van der Waals surface area contributed by atoms with E-state index in [4.69, 9.17) is 0 Å². The lowest BCUT2D eigenvalue weighted by Crippen LogP contribution is -2.05. The molecule has 1 saturated carbocycles. The van der Waals surface area contributed by atoms with Crippen molar-refractivity contribution in [2.24, 2.45) is 10.2 Å². The first-order valence-corrected chi connectivity index (χ1v) is 11.2. The Morgan fingerprint density at radius 1 is 0.971 bits per heavy atom. The van der Waals surface area contributed by atoms with Gasteiger partial charge in [-0.15, -0.1) is 5.11 Å². The second-order valence-electron chi connectivity index (χ2n) is 8.40. The topological polar surface area (TPSA) is 87.5 Å². The Morgan fingerprint density at radius 2 is 1.80 bits per heavy atom. The van der Waals surface area contributed by atoms with Crippen LogP contribution < -0.4 is 10.6 Å². The van der Waals surface area contributed by atoms with Gasteiger partial charge in [0.25, 0.3) is 5.95 Å². The van der Waals surface area contributed by atoms with Crippen molar-refractivity contribution < 1.29 is 13.2 Å². The highest BCUT2D eigenvalue weighted by Crippen LogP contribution is 2.31. The molecule has 10 heteroatoms. The average Bonchev–Trinajstić information content (AvgIpc) is 3.64. The van der Waals surface area contributed by atoms with Gasteiger partial charge < -0.3 is 10.6 Å². The van der Waals surface area contributed by atoms with Crippen LogP contribution in [0.15, 0.2) is 71.0 Å². The number of rotatable bonds is 7. The molecule has 5 rings (SSSR count). The van der Waals surface area contributed by atoms with Crippen molar-refractivity contribution in [1.29, 1.82) is 0 Å². The number of nitrogens with zero attached hydrogens (tertiary/aromatic N) is 5. The maximum Gasteiger partial charge on any atom is 0.416 e. The van der Waals surface area contributed by atoms with Gasteiger partial charge in [-0.2, -0.15) is 18.3 Å². The largest absolute Gasteiger partial charge is 0.416 e. The number of aromatic nitrogens is 3. The van der Waals surface area contributed by atoms with Crippen molar-refractivity contribution in [2.75, 3.05) is 10.6 Å². The number of hydrogen-bond acceptors (Lipinski definition) is 7. The summed E-state index contributed by atoms with van der Waals surface area (Å²) in [5.41, 5.74) is 3.49. The standard InChI is InChI=1S/C25H22F3N7/c1-15-22-10-9-19(32-17-5-6-17)12-23(22)34-24(31-15)35-30-14-20-7-8-21(13-29-20)33-18-4-2-3-16(11-18)25(26,27)28/h2-4,7-13,17,32-33H,5-6,14H2,1H3. The number of anilines is 3. The zero-order valence-electron chi connectivity index (χ0n) is 18.8. The molecular weight excluding hydrogens is 455 g/mol. The third-order valence-electron chi connectivity index (χ3n) is 5.52. The molecule has 2 aromatic heterocycles. The lowest BCUT2D eigenvalue weighted by atomic mass is 10.2. The van der Waals surface area contributed by atoms with Crippen molar-refractivity contribution in [2.45, 2.75) is 38.5 Å². The number of aryl methyl sites for hydroxylation is 1. The first-order chi connectivity index (χ1) is 16.8. The summed E-state index contributed by atoms with van der Waals surface area (Å²) >= 11 is 0. The molecule has 4 aromatic rings. The summed E-state index contributed by atoms with van der Waals surface area (Å²) < 4.78 is 38.7. The maximum absolute atomic E-state index is 12.9. The fraction of sp³-hybridized carbons (Fsp3) is 0.240. The van der Waals surface area contributed by atoms with Crippen molar-refractivity contribution in [1.82, 2.24) is 15.0 Å². The number of pyridine rings is 1. The number of alkyl halides is 3. The highest BCUT2D eigenvalue weighted by atomic mass is 19.4. The highest BCUT2D eigenvalue weighted by Gasteiger charge is 2.30. The van der Waals surface area contributed by atoms with Gasteiger partial charge in [0.1, 0.15) is 6.54 Å². The van der Waals surface area contributed by atoms with Crippen LogP contribution in [0.5, 0.6) is 0 Å². The molecule has 0 atom stereocenters. The van der Waals surface area contributed by atoms with E-state index in [1.165, 1.54) is 25.1 Å². The molecule has 0 bridgehead atoms. The molecule has 0 unspecified atom stereocenters. The highest BCUT2D eigenvalue weighted by molar-refractivity contribution is 5.84. The smallest absolute Gasteiger partial charge is 0.382 e. The summed E-state index contributed by atoms with van der Waals surface area (Å²) in [6.45, 7) is 2.13. The predicted octanol–water partition coefficient (Wildman–Crippen LogP) is 6.95. The Kier molecular flexibility index (Phi) is 6.02. The zero-order chi connectivity index (χ0) is 24.4. The van der Waals surface area contributed by atoms with E-state index in [0.29, 0.717) is 23.1 Å². The quantitative estimate of drug-likeness (QED) is 0.281. The van der Waals surface area contributed by atoms with E-state index in [-0.39, 0.29) is 12.5 Å². The van der Waals surface area contributed by atoms with Crippen molar-refractivity contribution in [3.05, 3.63) is 77.7 Å². The van der Waals surface area contributed by atoms with Gasteiger partial charge in [-0.3, -0.25) is 4.98 Å². The second kappa shape index (κ2) is 9.28. The van der Waals surface area contributed by atoms with Crippen molar-refractivity contribution >= 4 is 33.9 Å². The monoisotopic (exact) mass is 477 g/mol. The van der Waals surface area contributed by atoms with Crippen LogP contribution in [0, 0.1) is 6.92 Å². The average molecular weight is 477 g/mol. The van der Waals surface area contributed by atoms with Gasteiger partial charge in [0.2, 0.25) is 0 Å². The molecule has 0 aliphatic heterocycles. The fourth-order valence-corrected chi connectivity index (χ4v) is 3.57. The molecule has 0 saturated heterocycles. The molecule has 0 amide bonds. The lowest BCUT2D eigenvalue weighted by Gasteiger charge is -2.10. The minimum absolute atomic E-state index is 0.216. The molecule has 178 valence electrons. The summed E-state index contributed by atoms with van der Waals surface area (Å²) in [5, 5.41) is 15.7. The first-order valence-electron chi connectivity index (χ1n) is 11.2. The third-order valence-corrected chi connectivity index (χ3v) is 5.52. The van der Waals surface area contributed by atoms with Gasteiger partial charge in [0, 0.05) is 22.8 Å². The SMILES string of the molecule is Cc1nc(N=NCc2ccc(Nc3cccc(C(F)(F)F)c3)cn2)nc2cc(NC3CC3)ccc12. The molecule has 2 N–H and O–H groups in total. The Bertz CT molecular complexity index is 1380. The molecular formula is C25H22F3N7. The predicted molar refractivity (Wildman–Crippen MR) is 128 cm³/mol. The molecule has 1 fully saturated rings. The fourth-order valence-electron chi connectivity index (χ4n) is 3.57. The van der Waals surface area contributed by atoms with Gasteiger partial charge in [0.15, 0.2) is 0 Å². The number of azo groups is 1. The second-order valence-corrected chi connectivity index (χ2v) is 8.40. The summed E-state index contributed by atoms with van der Waals surface area (Å²) in [4.78, 5) is 13.2. The summed E-state index contributed by atoms with van der Waals surface area (Å²) in [6.07, 6.45) is -0.475. The number of nitrogens with one attached hydrogen (secondary N) is 2. The lowest BCUT2D eigenvalue weighted by molar-refractivity contribution is -0.137. The van der Waals surface area contributed by atoms with E-state index in [9.17, 15) is 13.2 Å². The number of halogens is 3.